The zero-order valence-electron chi connectivity index (χ0n) is 6.71. The number of aliphatic hydroxyl groups is 1. The molecule has 11 heavy (non-hydrogen) atoms. The summed E-state index contributed by atoms with van der Waals surface area (Å²) in [6.45, 7) is 2.46. The Bertz CT molecular complexity index is 117. The second-order valence-electron chi connectivity index (χ2n) is 2.34. The Morgan fingerprint density at radius 1 is 1.82 bits per heavy atom. The molecule has 0 fully saturated rings. The van der Waals surface area contributed by atoms with Crippen molar-refractivity contribution in [3.05, 3.63) is 6.42 Å². The Balaban J connectivity index is 3.17. The lowest BCUT2D eigenvalue weighted by Gasteiger charge is -2.08. The first-order chi connectivity index (χ1) is 5.18. The summed E-state index contributed by atoms with van der Waals surface area (Å²) in [5.41, 5.74) is 4.99. The number of nitrogens with one attached hydrogen (secondary N) is 1. The standard InChI is InChI=1S/C7H15N2O2/c1-6(7(8)11)9-4-2-3-5-10/h3,6,9-10H,2,4-5H2,1H3,(H2,8,11). The van der Waals surface area contributed by atoms with Gasteiger partial charge in [-0.3, -0.25) is 4.79 Å². The molecule has 0 aromatic rings. The largest absolute Gasteiger partial charge is 0.396 e. The summed E-state index contributed by atoms with van der Waals surface area (Å²) in [5, 5.41) is 11.3. The van der Waals surface area contributed by atoms with E-state index >= 15 is 0 Å². The van der Waals surface area contributed by atoms with Gasteiger partial charge < -0.3 is 16.2 Å². The Kier molecular flexibility index (Phi) is 5.78. The van der Waals surface area contributed by atoms with Gasteiger partial charge in [0.2, 0.25) is 5.91 Å². The first-order valence-electron chi connectivity index (χ1n) is 3.63. The zero-order chi connectivity index (χ0) is 8.69. The van der Waals surface area contributed by atoms with Crippen LogP contribution in [-0.2, 0) is 4.79 Å². The van der Waals surface area contributed by atoms with Crippen molar-refractivity contribution in [3.8, 4) is 0 Å². The van der Waals surface area contributed by atoms with Crippen molar-refractivity contribution in [1.29, 1.82) is 0 Å². The Labute approximate surface area is 66.8 Å². The average molecular weight is 159 g/mol. The van der Waals surface area contributed by atoms with Gasteiger partial charge in [0.15, 0.2) is 0 Å². The van der Waals surface area contributed by atoms with Crippen LogP contribution in [0.3, 0.4) is 0 Å². The summed E-state index contributed by atoms with van der Waals surface area (Å²) in [7, 11) is 0. The lowest BCUT2D eigenvalue weighted by atomic mass is 10.3. The zero-order valence-corrected chi connectivity index (χ0v) is 6.71. The van der Waals surface area contributed by atoms with Gasteiger partial charge in [-0.15, -0.1) is 0 Å². The highest BCUT2D eigenvalue weighted by Crippen LogP contribution is 1.84. The second-order valence-corrected chi connectivity index (χ2v) is 2.34. The van der Waals surface area contributed by atoms with Crippen molar-refractivity contribution in [3.63, 3.8) is 0 Å². The maximum absolute atomic E-state index is 10.5. The maximum Gasteiger partial charge on any atom is 0.234 e. The van der Waals surface area contributed by atoms with Crippen molar-refractivity contribution < 1.29 is 9.90 Å². The first-order valence-corrected chi connectivity index (χ1v) is 3.63. The number of carbonyl (C=O) groups excluding carboxylic acids is 1. The van der Waals surface area contributed by atoms with Crippen LogP contribution < -0.4 is 11.1 Å². The highest BCUT2D eigenvalue weighted by molar-refractivity contribution is 5.79. The molecule has 1 radical (unpaired) electrons. The molecule has 0 aliphatic carbocycles. The van der Waals surface area contributed by atoms with E-state index in [0.717, 1.165) is 6.42 Å². The minimum atomic E-state index is -0.353. The number of rotatable bonds is 6. The number of primary amides is 1. The normalized spacial score (nSPS) is 12.9. The fraction of sp³-hybridized carbons (Fsp3) is 0.714. The van der Waals surface area contributed by atoms with Crippen LogP contribution in [0.4, 0.5) is 0 Å². The van der Waals surface area contributed by atoms with Gasteiger partial charge in [0.05, 0.1) is 6.04 Å². The Hall–Kier alpha value is -0.610. The molecular weight excluding hydrogens is 144 g/mol. The number of nitrogens with two attached hydrogens (primary N) is 1. The van der Waals surface area contributed by atoms with Crippen LogP contribution >= 0.6 is 0 Å². The van der Waals surface area contributed by atoms with E-state index in [4.69, 9.17) is 10.8 Å². The van der Waals surface area contributed by atoms with Gasteiger partial charge >= 0.3 is 0 Å². The molecule has 0 bridgehead atoms. The molecule has 0 aliphatic rings. The molecule has 0 saturated carbocycles. The third kappa shape index (κ3) is 5.82. The SMILES string of the molecule is CC(NCC[CH]CO)C(N)=O. The smallest absolute Gasteiger partial charge is 0.234 e. The minimum absolute atomic E-state index is 0.0760. The molecule has 0 rings (SSSR count). The van der Waals surface area contributed by atoms with Crippen molar-refractivity contribution in [2.45, 2.75) is 19.4 Å². The van der Waals surface area contributed by atoms with Crippen LogP contribution in [0.25, 0.3) is 0 Å². The topological polar surface area (TPSA) is 75.3 Å². The van der Waals surface area contributed by atoms with Gasteiger partial charge in [-0.05, 0) is 26.3 Å². The van der Waals surface area contributed by atoms with Crippen molar-refractivity contribution in [2.24, 2.45) is 5.73 Å². The Morgan fingerprint density at radius 2 is 2.45 bits per heavy atom. The van der Waals surface area contributed by atoms with E-state index in [-0.39, 0.29) is 18.6 Å². The van der Waals surface area contributed by atoms with Gasteiger partial charge in [0.25, 0.3) is 0 Å². The highest BCUT2D eigenvalue weighted by Gasteiger charge is 2.05. The van der Waals surface area contributed by atoms with Crippen LogP contribution in [0.15, 0.2) is 0 Å². The molecular formula is C7H15N2O2. The number of hydrogen-bond acceptors (Lipinski definition) is 3. The van der Waals surface area contributed by atoms with Crippen molar-refractivity contribution in [2.75, 3.05) is 13.2 Å². The van der Waals surface area contributed by atoms with Gasteiger partial charge in [0, 0.05) is 6.61 Å². The van der Waals surface area contributed by atoms with Crippen molar-refractivity contribution >= 4 is 5.91 Å². The third-order valence-electron chi connectivity index (χ3n) is 1.35. The third-order valence-corrected chi connectivity index (χ3v) is 1.35. The van der Waals surface area contributed by atoms with E-state index in [2.05, 4.69) is 5.32 Å². The lowest BCUT2D eigenvalue weighted by Crippen LogP contribution is -2.39. The van der Waals surface area contributed by atoms with E-state index in [9.17, 15) is 4.79 Å². The molecule has 65 valence electrons. The van der Waals surface area contributed by atoms with E-state index in [1.54, 1.807) is 13.3 Å². The summed E-state index contributed by atoms with van der Waals surface area (Å²) < 4.78 is 0. The summed E-state index contributed by atoms with van der Waals surface area (Å²) in [5.74, 6) is -0.353. The van der Waals surface area contributed by atoms with E-state index in [1.807, 2.05) is 0 Å². The summed E-state index contributed by atoms with van der Waals surface area (Å²) >= 11 is 0. The van der Waals surface area contributed by atoms with Crippen LogP contribution in [0, 0.1) is 6.42 Å². The van der Waals surface area contributed by atoms with Crippen LogP contribution in [0.5, 0.6) is 0 Å². The molecule has 0 aromatic carbocycles. The quantitative estimate of drug-likeness (QED) is 0.437. The molecule has 0 saturated heterocycles. The summed E-state index contributed by atoms with van der Waals surface area (Å²) in [4.78, 5) is 10.5. The molecule has 0 spiro atoms. The fourth-order valence-electron chi connectivity index (χ4n) is 0.594. The fourth-order valence-corrected chi connectivity index (χ4v) is 0.594. The van der Waals surface area contributed by atoms with Crippen LogP contribution in [0.2, 0.25) is 0 Å². The number of carbonyl (C=O) groups is 1. The van der Waals surface area contributed by atoms with Crippen molar-refractivity contribution in [1.82, 2.24) is 5.32 Å². The molecule has 0 aromatic heterocycles. The molecule has 0 heterocycles. The number of amides is 1. The first kappa shape index (κ1) is 10.4. The van der Waals surface area contributed by atoms with Crippen LogP contribution in [-0.4, -0.2) is 30.2 Å². The Morgan fingerprint density at radius 3 is 2.91 bits per heavy atom. The molecule has 1 unspecified atom stereocenters. The van der Waals surface area contributed by atoms with Gasteiger partial charge in [-0.1, -0.05) is 0 Å². The summed E-state index contributed by atoms with van der Waals surface area (Å²) in [6, 6.07) is -0.290. The number of aliphatic hydroxyl groups excluding tert-OH is 1. The number of unbranched alkanes of at least 4 members (excludes halogenated alkanes) is 1. The molecule has 1 atom stereocenters. The maximum atomic E-state index is 10.5. The molecule has 4 N–H and O–H groups in total. The molecule has 4 heteroatoms. The average Bonchev–Trinajstić information content (AvgIpc) is 1.97. The highest BCUT2D eigenvalue weighted by atomic mass is 16.2. The number of hydrogen-bond donors (Lipinski definition) is 3. The van der Waals surface area contributed by atoms with Gasteiger partial charge in [-0.2, -0.15) is 0 Å². The molecule has 4 nitrogen and oxygen atoms in total. The van der Waals surface area contributed by atoms with E-state index in [0.29, 0.717) is 6.54 Å². The molecule has 1 amide bonds. The van der Waals surface area contributed by atoms with Crippen LogP contribution in [0.1, 0.15) is 13.3 Å². The predicted molar refractivity (Wildman–Crippen MR) is 42.7 cm³/mol. The van der Waals surface area contributed by atoms with E-state index in [1.165, 1.54) is 0 Å². The molecule has 0 aliphatic heterocycles. The minimum Gasteiger partial charge on any atom is -0.396 e. The predicted octanol–water partition coefficient (Wildman–Crippen LogP) is -0.964. The lowest BCUT2D eigenvalue weighted by molar-refractivity contribution is -0.119. The van der Waals surface area contributed by atoms with Gasteiger partial charge in [-0.25, -0.2) is 0 Å². The monoisotopic (exact) mass is 159 g/mol. The van der Waals surface area contributed by atoms with E-state index < -0.39 is 0 Å². The van der Waals surface area contributed by atoms with Gasteiger partial charge in [0.1, 0.15) is 0 Å². The summed E-state index contributed by atoms with van der Waals surface area (Å²) in [6.07, 6.45) is 2.47. The second kappa shape index (κ2) is 6.12.